The molecular weight excluding hydrogens is 228 g/mol. The molecule has 0 bridgehead atoms. The first-order valence-electron chi connectivity index (χ1n) is 3.28. The van der Waals surface area contributed by atoms with Crippen LogP contribution >= 0.6 is 15.9 Å². The van der Waals surface area contributed by atoms with Gasteiger partial charge in [0.2, 0.25) is 0 Å². The maximum Gasteiger partial charge on any atom is 0.176 e. The van der Waals surface area contributed by atoms with Gasteiger partial charge in [0.15, 0.2) is 9.84 Å². The maximum atomic E-state index is 11.1. The highest BCUT2D eigenvalue weighted by molar-refractivity contribution is 9.12. The van der Waals surface area contributed by atoms with Gasteiger partial charge in [0.05, 0.1) is 4.91 Å². The first-order chi connectivity index (χ1) is 5.02. The van der Waals surface area contributed by atoms with Crippen LogP contribution in [0.15, 0.2) is 21.5 Å². The summed E-state index contributed by atoms with van der Waals surface area (Å²) in [5.74, 6) is 0. The molecule has 0 aromatic carbocycles. The number of sulfone groups is 1. The van der Waals surface area contributed by atoms with Crippen LogP contribution in [0.1, 0.15) is 12.8 Å². The van der Waals surface area contributed by atoms with E-state index in [9.17, 15) is 8.42 Å². The molecule has 0 aromatic heterocycles. The largest absolute Gasteiger partial charge is 0.224 e. The standard InChI is InChI=1S/C7H9BrO2S/c1-11(9,10)7-5-3-2-4-6(7)8/h4-5H,2-3H2,1H3. The van der Waals surface area contributed by atoms with Gasteiger partial charge in [0.1, 0.15) is 0 Å². The second-order valence-electron chi connectivity index (χ2n) is 2.47. The van der Waals surface area contributed by atoms with Gasteiger partial charge in [-0.25, -0.2) is 8.42 Å². The molecule has 1 aliphatic carbocycles. The monoisotopic (exact) mass is 236 g/mol. The lowest BCUT2D eigenvalue weighted by molar-refractivity contribution is 0.608. The van der Waals surface area contributed by atoms with Crippen molar-refractivity contribution in [1.29, 1.82) is 0 Å². The fraction of sp³-hybridized carbons (Fsp3) is 0.429. The Morgan fingerprint density at radius 2 is 1.91 bits per heavy atom. The molecule has 0 heterocycles. The van der Waals surface area contributed by atoms with Gasteiger partial charge in [0.25, 0.3) is 0 Å². The molecule has 0 fully saturated rings. The predicted octanol–water partition coefficient (Wildman–Crippen LogP) is 1.99. The van der Waals surface area contributed by atoms with E-state index in [1.165, 1.54) is 6.26 Å². The molecule has 0 atom stereocenters. The Balaban J connectivity index is 3.07. The molecular formula is C7H9BrO2S. The molecule has 62 valence electrons. The highest BCUT2D eigenvalue weighted by atomic mass is 79.9. The Morgan fingerprint density at radius 1 is 1.36 bits per heavy atom. The first kappa shape index (κ1) is 9.00. The molecule has 0 saturated carbocycles. The van der Waals surface area contributed by atoms with Gasteiger partial charge in [-0.2, -0.15) is 0 Å². The average Bonchev–Trinajstić information content (AvgIpc) is 1.86. The van der Waals surface area contributed by atoms with Gasteiger partial charge in [-0.3, -0.25) is 0 Å². The van der Waals surface area contributed by atoms with E-state index in [1.807, 2.05) is 6.08 Å². The van der Waals surface area contributed by atoms with Crippen LogP contribution in [0.4, 0.5) is 0 Å². The minimum absolute atomic E-state index is 0.420. The molecule has 0 saturated heterocycles. The maximum absolute atomic E-state index is 11.1. The normalized spacial score (nSPS) is 19.1. The Kier molecular flexibility index (Phi) is 2.54. The molecule has 4 heteroatoms. The van der Waals surface area contributed by atoms with Gasteiger partial charge in [0, 0.05) is 10.7 Å². The molecule has 0 N–H and O–H groups in total. The van der Waals surface area contributed by atoms with Gasteiger partial charge < -0.3 is 0 Å². The minimum Gasteiger partial charge on any atom is -0.224 e. The highest BCUT2D eigenvalue weighted by Crippen LogP contribution is 2.27. The molecule has 1 aliphatic rings. The Hall–Kier alpha value is -0.0900. The fourth-order valence-electron chi connectivity index (χ4n) is 0.951. The zero-order valence-electron chi connectivity index (χ0n) is 6.17. The van der Waals surface area contributed by atoms with Crippen LogP contribution in [0.3, 0.4) is 0 Å². The third kappa shape index (κ3) is 2.17. The van der Waals surface area contributed by atoms with E-state index in [1.54, 1.807) is 6.08 Å². The third-order valence-corrected chi connectivity index (χ3v) is 3.65. The van der Waals surface area contributed by atoms with Crippen LogP contribution in [0, 0.1) is 0 Å². The van der Waals surface area contributed by atoms with E-state index in [4.69, 9.17) is 0 Å². The summed E-state index contributed by atoms with van der Waals surface area (Å²) in [6.45, 7) is 0. The summed E-state index contributed by atoms with van der Waals surface area (Å²) >= 11 is 3.20. The number of allylic oxidation sites excluding steroid dienone is 3. The summed E-state index contributed by atoms with van der Waals surface area (Å²) in [5, 5.41) is 0. The summed E-state index contributed by atoms with van der Waals surface area (Å²) < 4.78 is 22.8. The van der Waals surface area contributed by atoms with Gasteiger partial charge in [-0.1, -0.05) is 12.2 Å². The van der Waals surface area contributed by atoms with Crippen LogP contribution in [-0.2, 0) is 9.84 Å². The lowest BCUT2D eigenvalue weighted by atomic mass is 10.2. The Bertz CT molecular complexity index is 311. The van der Waals surface area contributed by atoms with E-state index in [-0.39, 0.29) is 0 Å². The van der Waals surface area contributed by atoms with E-state index in [0.29, 0.717) is 9.39 Å². The van der Waals surface area contributed by atoms with Crippen molar-refractivity contribution in [3.63, 3.8) is 0 Å². The Labute approximate surface area is 75.0 Å². The lowest BCUT2D eigenvalue weighted by Crippen LogP contribution is -2.03. The quantitative estimate of drug-likeness (QED) is 0.698. The van der Waals surface area contributed by atoms with E-state index in [2.05, 4.69) is 15.9 Å². The molecule has 1 rings (SSSR count). The SMILES string of the molecule is CS(=O)(=O)C1=CCCC=C1Br. The van der Waals surface area contributed by atoms with Crippen molar-refractivity contribution in [3.05, 3.63) is 21.5 Å². The van der Waals surface area contributed by atoms with Crippen molar-refractivity contribution < 1.29 is 8.42 Å². The topological polar surface area (TPSA) is 34.1 Å². The number of hydrogen-bond acceptors (Lipinski definition) is 2. The zero-order valence-corrected chi connectivity index (χ0v) is 8.57. The predicted molar refractivity (Wildman–Crippen MR) is 49.2 cm³/mol. The molecule has 0 unspecified atom stereocenters. The molecule has 11 heavy (non-hydrogen) atoms. The fourth-order valence-corrected chi connectivity index (χ4v) is 3.08. The van der Waals surface area contributed by atoms with Crippen molar-refractivity contribution in [2.75, 3.05) is 6.26 Å². The minimum atomic E-state index is -3.03. The van der Waals surface area contributed by atoms with Crippen molar-refractivity contribution in [2.24, 2.45) is 0 Å². The van der Waals surface area contributed by atoms with Crippen molar-refractivity contribution >= 4 is 25.8 Å². The van der Waals surface area contributed by atoms with Crippen LogP contribution in [0.5, 0.6) is 0 Å². The molecule has 2 nitrogen and oxygen atoms in total. The number of halogens is 1. The summed E-state index contributed by atoms with van der Waals surface area (Å²) in [7, 11) is -3.03. The smallest absolute Gasteiger partial charge is 0.176 e. The lowest BCUT2D eigenvalue weighted by Gasteiger charge is -2.08. The third-order valence-electron chi connectivity index (χ3n) is 1.45. The average molecular weight is 237 g/mol. The zero-order chi connectivity index (χ0) is 8.48. The summed E-state index contributed by atoms with van der Waals surface area (Å²) in [4.78, 5) is 0.420. The van der Waals surface area contributed by atoms with Crippen molar-refractivity contribution in [1.82, 2.24) is 0 Å². The van der Waals surface area contributed by atoms with Crippen LogP contribution in [0.25, 0.3) is 0 Å². The van der Waals surface area contributed by atoms with Gasteiger partial charge >= 0.3 is 0 Å². The van der Waals surface area contributed by atoms with E-state index < -0.39 is 9.84 Å². The molecule has 0 radical (unpaired) electrons. The second-order valence-corrected chi connectivity index (χ2v) is 5.31. The van der Waals surface area contributed by atoms with Crippen molar-refractivity contribution in [3.8, 4) is 0 Å². The van der Waals surface area contributed by atoms with Gasteiger partial charge in [-0.15, -0.1) is 0 Å². The second kappa shape index (κ2) is 3.11. The summed E-state index contributed by atoms with van der Waals surface area (Å²) in [6.07, 6.45) is 6.59. The van der Waals surface area contributed by atoms with Gasteiger partial charge in [-0.05, 0) is 28.8 Å². The summed E-state index contributed by atoms with van der Waals surface area (Å²) in [6, 6.07) is 0. The molecule has 0 amide bonds. The van der Waals surface area contributed by atoms with Crippen molar-refractivity contribution in [2.45, 2.75) is 12.8 Å². The number of hydrogen-bond donors (Lipinski definition) is 0. The first-order valence-corrected chi connectivity index (χ1v) is 5.96. The van der Waals surface area contributed by atoms with Crippen LogP contribution in [0.2, 0.25) is 0 Å². The van der Waals surface area contributed by atoms with Crippen LogP contribution in [-0.4, -0.2) is 14.7 Å². The van der Waals surface area contributed by atoms with Crippen LogP contribution < -0.4 is 0 Å². The van der Waals surface area contributed by atoms with E-state index in [0.717, 1.165) is 12.8 Å². The molecule has 0 aliphatic heterocycles. The Morgan fingerprint density at radius 3 is 2.27 bits per heavy atom. The molecule has 0 aromatic rings. The van der Waals surface area contributed by atoms with E-state index >= 15 is 0 Å². The number of rotatable bonds is 1. The highest BCUT2D eigenvalue weighted by Gasteiger charge is 2.15. The summed E-state index contributed by atoms with van der Waals surface area (Å²) in [5.41, 5.74) is 0. The molecule has 0 spiro atoms.